The van der Waals surface area contributed by atoms with Crippen LogP contribution in [0.15, 0.2) is 6.07 Å². The Kier molecular flexibility index (Phi) is 2.60. The smallest absolute Gasteiger partial charge is 0.338 e. The lowest BCUT2D eigenvalue weighted by atomic mass is 10.1. The summed E-state index contributed by atoms with van der Waals surface area (Å²) in [5, 5.41) is 18.2. The van der Waals surface area contributed by atoms with Crippen LogP contribution in [0.1, 0.15) is 15.9 Å². The van der Waals surface area contributed by atoms with Gasteiger partial charge in [0.15, 0.2) is 17.3 Å². The monoisotopic (exact) mass is 200 g/mol. The van der Waals surface area contributed by atoms with E-state index in [-0.39, 0.29) is 11.1 Å². The minimum absolute atomic E-state index is 0.0794. The molecule has 0 unspecified atom stereocenters. The van der Waals surface area contributed by atoms with Gasteiger partial charge in [0.25, 0.3) is 0 Å². The van der Waals surface area contributed by atoms with Crippen molar-refractivity contribution in [2.45, 2.75) is 6.92 Å². The van der Waals surface area contributed by atoms with Crippen LogP contribution in [-0.2, 0) is 4.74 Å². The molecule has 14 heavy (non-hydrogen) atoms. The number of carbonyl (C=O) groups excluding carboxylic acids is 1. The normalized spacial score (nSPS) is 9.93. The molecule has 0 radical (unpaired) electrons. The molecular weight excluding hydrogens is 191 g/mol. The van der Waals surface area contributed by atoms with Crippen molar-refractivity contribution in [2.75, 3.05) is 7.11 Å². The number of hydrogen-bond donors (Lipinski definition) is 2. The standard InChI is InChI=1S/C9H9FO4/c1-4-5(9(13)14-2)3-6(10)8(12)7(4)11/h3,11-12H,1-2H3. The van der Waals surface area contributed by atoms with E-state index in [9.17, 15) is 14.3 Å². The first-order valence-electron chi connectivity index (χ1n) is 3.78. The molecule has 0 fully saturated rings. The molecule has 76 valence electrons. The molecule has 2 N–H and O–H groups in total. The Morgan fingerprint density at radius 3 is 2.50 bits per heavy atom. The molecule has 0 aliphatic rings. The number of phenolic OH excluding ortho intramolecular Hbond substituents is 2. The quantitative estimate of drug-likeness (QED) is 0.530. The van der Waals surface area contributed by atoms with Gasteiger partial charge in [-0.05, 0) is 13.0 Å². The number of carbonyl (C=O) groups is 1. The van der Waals surface area contributed by atoms with E-state index in [1.807, 2.05) is 0 Å². The summed E-state index contributed by atoms with van der Waals surface area (Å²) in [4.78, 5) is 11.1. The van der Waals surface area contributed by atoms with Gasteiger partial charge in [0.05, 0.1) is 12.7 Å². The second-order valence-corrected chi connectivity index (χ2v) is 2.72. The van der Waals surface area contributed by atoms with Crippen molar-refractivity contribution in [3.8, 4) is 11.5 Å². The van der Waals surface area contributed by atoms with Gasteiger partial charge in [-0.15, -0.1) is 0 Å². The highest BCUT2D eigenvalue weighted by Gasteiger charge is 2.18. The van der Waals surface area contributed by atoms with Gasteiger partial charge in [-0.1, -0.05) is 0 Å². The minimum Gasteiger partial charge on any atom is -0.504 e. The van der Waals surface area contributed by atoms with Crippen LogP contribution >= 0.6 is 0 Å². The number of aromatic hydroxyl groups is 2. The summed E-state index contributed by atoms with van der Waals surface area (Å²) in [5.74, 6) is -3.34. The van der Waals surface area contributed by atoms with Crippen LogP contribution in [0, 0.1) is 12.7 Å². The summed E-state index contributed by atoms with van der Waals surface area (Å²) in [6.07, 6.45) is 0. The first kappa shape index (κ1) is 10.3. The number of benzene rings is 1. The Balaban J connectivity index is 3.40. The van der Waals surface area contributed by atoms with Crippen LogP contribution < -0.4 is 0 Å². The Labute approximate surface area is 79.6 Å². The first-order valence-corrected chi connectivity index (χ1v) is 3.78. The van der Waals surface area contributed by atoms with E-state index in [0.717, 1.165) is 13.2 Å². The molecule has 1 aromatic carbocycles. The predicted octanol–water partition coefficient (Wildman–Crippen LogP) is 1.33. The molecule has 5 heteroatoms. The van der Waals surface area contributed by atoms with Crippen LogP contribution in [-0.4, -0.2) is 23.3 Å². The maximum Gasteiger partial charge on any atom is 0.338 e. The molecule has 0 heterocycles. The predicted molar refractivity (Wildman–Crippen MR) is 45.8 cm³/mol. The van der Waals surface area contributed by atoms with Crippen molar-refractivity contribution in [3.05, 3.63) is 23.0 Å². The largest absolute Gasteiger partial charge is 0.504 e. The molecular formula is C9H9FO4. The van der Waals surface area contributed by atoms with E-state index in [0.29, 0.717) is 0 Å². The van der Waals surface area contributed by atoms with Crippen LogP contribution in [0.25, 0.3) is 0 Å². The Bertz CT molecular complexity index is 387. The van der Waals surface area contributed by atoms with Crippen LogP contribution in [0.4, 0.5) is 4.39 Å². The zero-order valence-electron chi connectivity index (χ0n) is 7.67. The molecule has 0 aromatic heterocycles. The maximum absolute atomic E-state index is 12.9. The molecule has 0 aliphatic heterocycles. The molecule has 0 atom stereocenters. The third kappa shape index (κ3) is 1.48. The van der Waals surface area contributed by atoms with E-state index in [1.165, 1.54) is 6.92 Å². The molecule has 0 saturated carbocycles. The van der Waals surface area contributed by atoms with Gasteiger partial charge in [0, 0.05) is 5.56 Å². The van der Waals surface area contributed by atoms with Gasteiger partial charge in [0.2, 0.25) is 0 Å². The second-order valence-electron chi connectivity index (χ2n) is 2.72. The highest BCUT2D eigenvalue weighted by molar-refractivity contribution is 5.92. The number of hydrogen-bond acceptors (Lipinski definition) is 4. The maximum atomic E-state index is 12.9. The topological polar surface area (TPSA) is 66.8 Å². The molecule has 1 aromatic rings. The molecule has 0 saturated heterocycles. The zero-order valence-corrected chi connectivity index (χ0v) is 7.67. The molecule has 0 bridgehead atoms. The van der Waals surface area contributed by atoms with Crippen molar-refractivity contribution in [1.29, 1.82) is 0 Å². The summed E-state index contributed by atoms with van der Waals surface area (Å²) >= 11 is 0. The molecule has 4 nitrogen and oxygen atoms in total. The van der Waals surface area contributed by atoms with Gasteiger partial charge < -0.3 is 14.9 Å². The fourth-order valence-electron chi connectivity index (χ4n) is 1.04. The Morgan fingerprint density at radius 1 is 1.43 bits per heavy atom. The second kappa shape index (κ2) is 3.53. The fourth-order valence-corrected chi connectivity index (χ4v) is 1.04. The van der Waals surface area contributed by atoms with Crippen LogP contribution in [0.3, 0.4) is 0 Å². The van der Waals surface area contributed by atoms with Crippen molar-refractivity contribution < 1.29 is 24.1 Å². The first-order chi connectivity index (χ1) is 6.49. The van der Waals surface area contributed by atoms with Gasteiger partial charge in [0.1, 0.15) is 0 Å². The third-order valence-corrected chi connectivity index (χ3v) is 1.89. The van der Waals surface area contributed by atoms with E-state index in [4.69, 9.17) is 5.11 Å². The average Bonchev–Trinajstić information content (AvgIpc) is 2.19. The summed E-state index contributed by atoms with van der Waals surface area (Å²) < 4.78 is 17.3. The van der Waals surface area contributed by atoms with Crippen molar-refractivity contribution >= 4 is 5.97 Å². The highest BCUT2D eigenvalue weighted by atomic mass is 19.1. The molecule has 0 amide bonds. The van der Waals surface area contributed by atoms with Crippen molar-refractivity contribution in [3.63, 3.8) is 0 Å². The summed E-state index contributed by atoms with van der Waals surface area (Å²) in [6.45, 7) is 1.38. The number of phenols is 2. The van der Waals surface area contributed by atoms with Crippen molar-refractivity contribution in [1.82, 2.24) is 0 Å². The van der Waals surface area contributed by atoms with Crippen LogP contribution in [0.5, 0.6) is 11.5 Å². The minimum atomic E-state index is -1.06. The third-order valence-electron chi connectivity index (χ3n) is 1.89. The number of methoxy groups -OCH3 is 1. The fraction of sp³-hybridized carbons (Fsp3) is 0.222. The van der Waals surface area contributed by atoms with E-state index in [1.54, 1.807) is 0 Å². The van der Waals surface area contributed by atoms with E-state index < -0.39 is 23.3 Å². The van der Waals surface area contributed by atoms with Gasteiger partial charge in [-0.3, -0.25) is 0 Å². The Morgan fingerprint density at radius 2 is 2.00 bits per heavy atom. The lowest BCUT2D eigenvalue weighted by Crippen LogP contribution is -2.04. The Hall–Kier alpha value is -1.78. The van der Waals surface area contributed by atoms with Gasteiger partial charge >= 0.3 is 5.97 Å². The zero-order chi connectivity index (χ0) is 10.9. The number of esters is 1. The number of rotatable bonds is 1. The van der Waals surface area contributed by atoms with Crippen molar-refractivity contribution in [2.24, 2.45) is 0 Å². The molecule has 1 rings (SSSR count). The SMILES string of the molecule is COC(=O)c1cc(F)c(O)c(O)c1C. The van der Waals surface area contributed by atoms with E-state index >= 15 is 0 Å². The lowest BCUT2D eigenvalue weighted by Gasteiger charge is -2.07. The highest BCUT2D eigenvalue weighted by Crippen LogP contribution is 2.33. The molecule has 0 aliphatic carbocycles. The average molecular weight is 200 g/mol. The van der Waals surface area contributed by atoms with E-state index in [2.05, 4.69) is 4.74 Å². The lowest BCUT2D eigenvalue weighted by molar-refractivity contribution is 0.0598. The van der Waals surface area contributed by atoms with Crippen LogP contribution in [0.2, 0.25) is 0 Å². The molecule has 0 spiro atoms. The summed E-state index contributed by atoms with van der Waals surface area (Å²) in [7, 11) is 1.14. The summed E-state index contributed by atoms with van der Waals surface area (Å²) in [5.41, 5.74) is -0.0314. The summed E-state index contributed by atoms with van der Waals surface area (Å²) in [6, 6.07) is 0.816. The number of ether oxygens (including phenoxy) is 1. The van der Waals surface area contributed by atoms with Gasteiger partial charge in [-0.25, -0.2) is 9.18 Å². The number of halogens is 1. The van der Waals surface area contributed by atoms with Gasteiger partial charge in [-0.2, -0.15) is 0 Å².